The van der Waals surface area contributed by atoms with E-state index in [-0.39, 0.29) is 0 Å². The van der Waals surface area contributed by atoms with Gasteiger partial charge in [-0.1, -0.05) is 81.1 Å². The van der Waals surface area contributed by atoms with Crippen molar-refractivity contribution in [3.8, 4) is 0 Å². The third-order valence-electron chi connectivity index (χ3n) is 4.18. The molecular weight excluding hydrogens is 300 g/mol. The van der Waals surface area contributed by atoms with Crippen molar-refractivity contribution < 1.29 is 4.74 Å². The summed E-state index contributed by atoms with van der Waals surface area (Å²) in [6.45, 7) is 4.55. The monoisotopic (exact) mass is 332 g/mol. The predicted molar refractivity (Wildman–Crippen MR) is 88.1 cm³/mol. The summed E-state index contributed by atoms with van der Waals surface area (Å²) >= 11 is 3.83. The fraction of sp³-hybridized carbons (Fsp3) is 1.00. The van der Waals surface area contributed by atoms with E-state index in [0.717, 1.165) is 0 Å². The van der Waals surface area contributed by atoms with E-state index in [2.05, 4.69) is 29.8 Å². The third kappa shape index (κ3) is 8.34. The molecule has 0 saturated carbocycles. The molecule has 0 aliphatic carbocycles. The number of hydrogen-bond donors (Lipinski definition) is 0. The average molecular weight is 333 g/mol. The lowest BCUT2D eigenvalue weighted by Gasteiger charge is -2.33. The highest BCUT2D eigenvalue weighted by molar-refractivity contribution is 9.09. The van der Waals surface area contributed by atoms with Crippen LogP contribution in [0.3, 0.4) is 0 Å². The summed E-state index contributed by atoms with van der Waals surface area (Å²) in [5, 5.41) is 0. The Morgan fingerprint density at radius 1 is 0.789 bits per heavy atom. The highest BCUT2D eigenvalue weighted by Crippen LogP contribution is 2.30. The first-order valence-corrected chi connectivity index (χ1v) is 9.47. The van der Waals surface area contributed by atoms with Crippen molar-refractivity contribution in [1.82, 2.24) is 0 Å². The summed E-state index contributed by atoms with van der Waals surface area (Å²) < 4.78 is 6.29. The van der Waals surface area contributed by atoms with Crippen LogP contribution in [0.1, 0.15) is 90.9 Å². The smallest absolute Gasteiger partial charge is 0.0589 e. The van der Waals surface area contributed by atoms with Crippen molar-refractivity contribution in [2.24, 2.45) is 0 Å². The van der Waals surface area contributed by atoms with Crippen molar-refractivity contribution in [3.05, 3.63) is 0 Å². The molecule has 19 heavy (non-hydrogen) atoms. The number of alkyl halides is 1. The Kier molecular flexibility index (Phi) is 10.3. The Labute approximate surface area is 129 Å². The molecule has 3 atom stereocenters. The van der Waals surface area contributed by atoms with Crippen LogP contribution < -0.4 is 0 Å². The Morgan fingerprint density at radius 3 is 1.68 bits per heavy atom. The first kappa shape index (κ1) is 17.5. The molecule has 1 nitrogen and oxygen atoms in total. The topological polar surface area (TPSA) is 9.23 Å². The minimum atomic E-state index is 0.520. The molecule has 1 heterocycles. The zero-order valence-corrected chi connectivity index (χ0v) is 14.6. The molecule has 114 valence electrons. The lowest BCUT2D eigenvalue weighted by atomic mass is 9.96. The SMILES string of the molecule is CCCCCC[C@@H]1CC(Br)C[C@H](CCCCCC)O1. The van der Waals surface area contributed by atoms with Crippen LogP contribution >= 0.6 is 15.9 Å². The van der Waals surface area contributed by atoms with Crippen molar-refractivity contribution >= 4 is 15.9 Å². The lowest BCUT2D eigenvalue weighted by molar-refractivity contribution is -0.0546. The summed E-state index contributed by atoms with van der Waals surface area (Å²) in [6.07, 6.45) is 16.9. The van der Waals surface area contributed by atoms with Crippen molar-refractivity contribution in [2.45, 2.75) is 108 Å². The molecular formula is C17H33BrO. The highest BCUT2D eigenvalue weighted by Gasteiger charge is 2.27. The standard InChI is InChI=1S/C17H33BrO/c1-3-5-7-9-11-16-13-15(18)14-17(19-16)12-10-8-6-4-2/h15-17H,3-14H2,1-2H3/t15?,16-,17+. The molecule has 2 heteroatoms. The van der Waals surface area contributed by atoms with Crippen LogP contribution in [0.25, 0.3) is 0 Å². The molecule has 0 amide bonds. The van der Waals surface area contributed by atoms with Gasteiger partial charge in [0.25, 0.3) is 0 Å². The van der Waals surface area contributed by atoms with Crippen LogP contribution in [-0.2, 0) is 4.74 Å². The average Bonchev–Trinajstić information content (AvgIpc) is 2.39. The number of hydrogen-bond acceptors (Lipinski definition) is 1. The fourth-order valence-corrected chi connectivity index (χ4v) is 3.85. The second-order valence-electron chi connectivity index (χ2n) is 6.15. The molecule has 0 N–H and O–H groups in total. The Balaban J connectivity index is 2.16. The van der Waals surface area contributed by atoms with Gasteiger partial charge in [-0.25, -0.2) is 0 Å². The second-order valence-corrected chi connectivity index (χ2v) is 7.44. The largest absolute Gasteiger partial charge is 0.375 e. The third-order valence-corrected chi connectivity index (χ3v) is 4.93. The maximum atomic E-state index is 6.29. The molecule has 1 rings (SSSR count). The zero-order valence-electron chi connectivity index (χ0n) is 13.0. The van der Waals surface area contributed by atoms with Gasteiger partial charge in [0.15, 0.2) is 0 Å². The predicted octanol–water partition coefficient (Wildman–Crippen LogP) is 6.24. The van der Waals surface area contributed by atoms with Gasteiger partial charge >= 0.3 is 0 Å². The fourth-order valence-electron chi connectivity index (χ4n) is 3.02. The zero-order chi connectivity index (χ0) is 13.9. The Hall–Kier alpha value is 0.440. The van der Waals surface area contributed by atoms with Gasteiger partial charge in [-0.05, 0) is 25.7 Å². The van der Waals surface area contributed by atoms with Crippen LogP contribution in [0.4, 0.5) is 0 Å². The number of unbranched alkanes of at least 4 members (excludes halogenated alkanes) is 6. The number of ether oxygens (including phenoxy) is 1. The van der Waals surface area contributed by atoms with E-state index in [9.17, 15) is 0 Å². The Bertz CT molecular complexity index is 187. The molecule has 1 saturated heterocycles. The van der Waals surface area contributed by atoms with Crippen molar-refractivity contribution in [3.63, 3.8) is 0 Å². The summed E-state index contributed by atoms with van der Waals surface area (Å²) in [6, 6.07) is 0. The summed E-state index contributed by atoms with van der Waals surface area (Å²) in [7, 11) is 0. The van der Waals surface area contributed by atoms with E-state index < -0.39 is 0 Å². The van der Waals surface area contributed by atoms with E-state index in [1.807, 2.05) is 0 Å². The van der Waals surface area contributed by atoms with Crippen LogP contribution in [0.2, 0.25) is 0 Å². The molecule has 0 bridgehead atoms. The van der Waals surface area contributed by atoms with Gasteiger partial charge in [-0.2, -0.15) is 0 Å². The first-order chi connectivity index (χ1) is 9.26. The van der Waals surface area contributed by atoms with E-state index in [0.29, 0.717) is 17.0 Å². The van der Waals surface area contributed by atoms with Crippen LogP contribution in [0.5, 0.6) is 0 Å². The molecule has 1 unspecified atom stereocenters. The van der Waals surface area contributed by atoms with E-state index >= 15 is 0 Å². The number of halogens is 1. The molecule has 0 radical (unpaired) electrons. The van der Waals surface area contributed by atoms with Crippen LogP contribution in [0, 0.1) is 0 Å². The minimum absolute atomic E-state index is 0.520. The van der Waals surface area contributed by atoms with E-state index in [4.69, 9.17) is 4.74 Å². The van der Waals surface area contributed by atoms with Crippen LogP contribution in [-0.4, -0.2) is 17.0 Å². The van der Waals surface area contributed by atoms with Gasteiger partial charge < -0.3 is 4.74 Å². The molecule has 0 aromatic carbocycles. The van der Waals surface area contributed by atoms with Gasteiger partial charge in [-0.15, -0.1) is 0 Å². The van der Waals surface area contributed by atoms with Crippen LogP contribution in [0.15, 0.2) is 0 Å². The molecule has 0 aromatic heterocycles. The van der Waals surface area contributed by atoms with Gasteiger partial charge in [0.1, 0.15) is 0 Å². The summed E-state index contributed by atoms with van der Waals surface area (Å²) in [5.41, 5.74) is 0. The normalized spacial score (nSPS) is 27.6. The molecule has 1 aliphatic heterocycles. The Morgan fingerprint density at radius 2 is 1.26 bits per heavy atom. The van der Waals surface area contributed by atoms with Gasteiger partial charge in [0, 0.05) is 4.83 Å². The van der Waals surface area contributed by atoms with E-state index in [1.54, 1.807) is 0 Å². The van der Waals surface area contributed by atoms with Gasteiger partial charge in [0.2, 0.25) is 0 Å². The quantitative estimate of drug-likeness (QED) is 0.340. The molecule has 0 aromatic rings. The van der Waals surface area contributed by atoms with Gasteiger partial charge in [0.05, 0.1) is 12.2 Å². The van der Waals surface area contributed by atoms with Crippen molar-refractivity contribution in [1.29, 1.82) is 0 Å². The number of rotatable bonds is 10. The summed E-state index contributed by atoms with van der Waals surface area (Å²) in [4.78, 5) is 0.689. The molecule has 1 fully saturated rings. The maximum Gasteiger partial charge on any atom is 0.0589 e. The second kappa shape index (κ2) is 11.1. The van der Waals surface area contributed by atoms with E-state index in [1.165, 1.54) is 77.0 Å². The molecule has 0 spiro atoms. The molecule has 1 aliphatic rings. The van der Waals surface area contributed by atoms with Gasteiger partial charge in [-0.3, -0.25) is 0 Å². The summed E-state index contributed by atoms with van der Waals surface area (Å²) in [5.74, 6) is 0. The lowest BCUT2D eigenvalue weighted by Crippen LogP contribution is -2.33. The first-order valence-electron chi connectivity index (χ1n) is 8.55. The minimum Gasteiger partial charge on any atom is -0.375 e. The maximum absolute atomic E-state index is 6.29. The highest BCUT2D eigenvalue weighted by atomic mass is 79.9. The van der Waals surface area contributed by atoms with Crippen molar-refractivity contribution in [2.75, 3.05) is 0 Å².